The molecule has 0 aromatic heterocycles. The Bertz CT molecular complexity index is 952. The molecular weight excluding hydrogens is 695 g/mol. The van der Waals surface area contributed by atoms with Gasteiger partial charge in [0.2, 0.25) is 0 Å². The molecule has 0 aliphatic heterocycles. The van der Waals surface area contributed by atoms with Crippen molar-refractivity contribution in [2.75, 3.05) is 20.8 Å². The maximum absolute atomic E-state index is 12.8. The van der Waals surface area contributed by atoms with Gasteiger partial charge in [0.05, 0.1) is 35.4 Å². The van der Waals surface area contributed by atoms with Crippen molar-refractivity contribution in [3.63, 3.8) is 0 Å². The van der Waals surface area contributed by atoms with Crippen LogP contribution in [0.25, 0.3) is 6.08 Å². The van der Waals surface area contributed by atoms with E-state index in [1.807, 2.05) is 24.3 Å². The van der Waals surface area contributed by atoms with Crippen molar-refractivity contribution in [1.82, 2.24) is 5.32 Å². The maximum Gasteiger partial charge on any atom is 2.00 e. The molecule has 0 spiro atoms. The van der Waals surface area contributed by atoms with Crippen LogP contribution in [0.1, 0.15) is 40.7 Å². The predicted octanol–water partition coefficient (Wildman–Crippen LogP) is 6.69. The third kappa shape index (κ3) is 7.90. The molecule has 1 atom stereocenters. The second-order valence-corrected chi connectivity index (χ2v) is 8.58. The molecule has 1 amide bonds. The number of carbonyl (C=O) groups is 1. The van der Waals surface area contributed by atoms with Crippen LogP contribution < -0.4 is 5.32 Å². The zero-order chi connectivity index (χ0) is 24.4. The Morgan fingerprint density at radius 2 is 1.71 bits per heavy atom. The summed E-state index contributed by atoms with van der Waals surface area (Å²) in [5, 5.41) is 3.47. The van der Waals surface area contributed by atoms with Crippen LogP contribution in [0.15, 0.2) is 60.9 Å². The van der Waals surface area contributed by atoms with Gasteiger partial charge in [0.25, 0.3) is 5.91 Å². The molecule has 2 rings (SSSR count). The largest absolute Gasteiger partial charge is 2.00 e. The van der Waals surface area contributed by atoms with Crippen molar-refractivity contribution in [2.45, 2.75) is 30.7 Å². The van der Waals surface area contributed by atoms with Gasteiger partial charge in [-0.25, -0.2) is 0 Å². The summed E-state index contributed by atoms with van der Waals surface area (Å²) in [5.41, 5.74) is 2.22. The first-order valence-corrected chi connectivity index (χ1v) is 11.4. The van der Waals surface area contributed by atoms with Gasteiger partial charge in [-0.1, -0.05) is 72.3 Å². The first-order chi connectivity index (χ1) is 15.8. The summed E-state index contributed by atoms with van der Waals surface area (Å²) in [6, 6.07) is 12.7. The Kier molecular flexibility index (Phi) is 13.6. The predicted molar refractivity (Wildman–Crippen MR) is 137 cm³/mol. The third-order valence-electron chi connectivity index (χ3n) is 5.73. The molecule has 1 N–H and O–H groups in total. The SMILES string of the molecule is C=C(OC)C(C/C=C/c1ccc(C(C[CH2-])(C[CH2-])COC)cc1)NC(=O)c1c(Cl)cccc1Cl.[U+2]. The molecule has 4 nitrogen and oxygen atoms in total. The fraction of sp³-hybridized carbons (Fsp3) is 0.296. The average molecular weight is 726 g/mol. The van der Waals surface area contributed by atoms with Crippen LogP contribution in [-0.4, -0.2) is 32.8 Å². The Hall–Kier alpha value is -1.22. The van der Waals surface area contributed by atoms with Gasteiger partial charge in [-0.15, -0.1) is 0 Å². The van der Waals surface area contributed by atoms with E-state index in [1.54, 1.807) is 25.3 Å². The summed E-state index contributed by atoms with van der Waals surface area (Å²) < 4.78 is 10.7. The average Bonchev–Trinajstić information content (AvgIpc) is 2.82. The quantitative estimate of drug-likeness (QED) is 0.196. The molecular formula is C27H31Cl2NO3U. The molecule has 0 aliphatic carbocycles. The molecule has 2 aromatic rings. The summed E-state index contributed by atoms with van der Waals surface area (Å²) in [6.45, 7) is 12.7. The van der Waals surface area contributed by atoms with Gasteiger partial charge in [-0.2, -0.15) is 12.8 Å². The molecule has 0 saturated carbocycles. The summed E-state index contributed by atoms with van der Waals surface area (Å²) >= 11 is 12.3. The molecule has 0 heterocycles. The van der Waals surface area contributed by atoms with Crippen molar-refractivity contribution in [3.8, 4) is 0 Å². The van der Waals surface area contributed by atoms with Crippen LogP contribution in [0.5, 0.6) is 0 Å². The Morgan fingerprint density at radius 3 is 2.21 bits per heavy atom. The smallest absolute Gasteiger partial charge is 0.500 e. The summed E-state index contributed by atoms with van der Waals surface area (Å²) in [4.78, 5) is 12.8. The van der Waals surface area contributed by atoms with E-state index < -0.39 is 6.04 Å². The Balaban J connectivity index is 0.00000578. The summed E-state index contributed by atoms with van der Waals surface area (Å²) in [5.74, 6) is 0.0455. The molecule has 2 aromatic carbocycles. The number of benzene rings is 2. The first-order valence-electron chi connectivity index (χ1n) is 10.6. The number of amides is 1. The number of methoxy groups -OCH3 is 2. The fourth-order valence-electron chi connectivity index (χ4n) is 3.56. The van der Waals surface area contributed by atoms with Crippen LogP contribution in [0.4, 0.5) is 0 Å². The summed E-state index contributed by atoms with van der Waals surface area (Å²) in [6.07, 6.45) is 5.84. The van der Waals surface area contributed by atoms with Gasteiger partial charge in [0, 0.05) is 7.11 Å². The topological polar surface area (TPSA) is 47.6 Å². The molecule has 0 fully saturated rings. The molecule has 0 radical (unpaired) electrons. The molecule has 1 unspecified atom stereocenters. The standard InChI is InChI=1S/C27H31Cl2NO3.U/c1-6-27(7-2,18-32-4)21-16-14-20(15-17-21)10-8-13-24(19(3)33-5)30-26(31)25-22(28)11-9-12-23(25)29;/h8-12,14-17,24H,1-3,6-7,13,18H2,4-5H3,(H,30,31);/q-2;+2/b10-8+;. The molecule has 34 heavy (non-hydrogen) atoms. The van der Waals surface area contributed by atoms with Gasteiger partial charge in [0.1, 0.15) is 5.76 Å². The van der Waals surface area contributed by atoms with Crippen LogP contribution >= 0.6 is 23.2 Å². The van der Waals surface area contributed by atoms with Crippen LogP contribution in [0.3, 0.4) is 0 Å². The Labute approximate surface area is 237 Å². The van der Waals surface area contributed by atoms with E-state index in [9.17, 15) is 4.79 Å². The number of carbonyl (C=O) groups excluding carboxylic acids is 1. The number of hydrogen-bond acceptors (Lipinski definition) is 3. The van der Waals surface area contributed by atoms with Gasteiger partial charge in [0.15, 0.2) is 0 Å². The molecule has 0 aliphatic rings. The number of hydrogen-bond donors (Lipinski definition) is 1. The van der Waals surface area contributed by atoms with E-state index in [0.717, 1.165) is 11.1 Å². The minimum Gasteiger partial charge on any atom is -0.500 e. The van der Waals surface area contributed by atoms with Gasteiger partial charge in [-0.05, 0) is 35.1 Å². The second-order valence-electron chi connectivity index (χ2n) is 7.77. The minimum absolute atomic E-state index is 0. The Morgan fingerprint density at radius 1 is 1.12 bits per heavy atom. The van der Waals surface area contributed by atoms with Gasteiger partial charge >= 0.3 is 31.1 Å². The minimum atomic E-state index is -0.447. The van der Waals surface area contributed by atoms with E-state index in [4.69, 9.17) is 32.7 Å². The van der Waals surface area contributed by atoms with E-state index >= 15 is 0 Å². The number of nitrogens with one attached hydrogen (secondary N) is 1. The van der Waals surface area contributed by atoms with Gasteiger partial charge < -0.3 is 28.6 Å². The normalized spacial score (nSPS) is 12.2. The number of rotatable bonds is 12. The fourth-order valence-corrected chi connectivity index (χ4v) is 4.13. The maximum atomic E-state index is 12.8. The van der Waals surface area contributed by atoms with Gasteiger partial charge in [-0.3, -0.25) is 4.79 Å². The monoisotopic (exact) mass is 725 g/mol. The van der Waals surface area contributed by atoms with Crippen molar-refractivity contribution in [1.29, 1.82) is 0 Å². The van der Waals surface area contributed by atoms with E-state index in [1.165, 1.54) is 7.11 Å². The zero-order valence-corrected chi connectivity index (χ0v) is 25.4. The van der Waals surface area contributed by atoms with Crippen molar-refractivity contribution < 1.29 is 45.4 Å². The molecule has 0 bridgehead atoms. The summed E-state index contributed by atoms with van der Waals surface area (Å²) in [7, 11) is 3.21. The first kappa shape index (κ1) is 30.8. The molecule has 0 saturated heterocycles. The number of halogens is 2. The molecule has 7 heteroatoms. The van der Waals surface area contributed by atoms with E-state index in [0.29, 0.717) is 31.6 Å². The molecule has 180 valence electrons. The van der Waals surface area contributed by atoms with Crippen molar-refractivity contribution in [3.05, 3.63) is 101 Å². The third-order valence-corrected chi connectivity index (χ3v) is 6.36. The zero-order valence-electron chi connectivity index (χ0n) is 19.7. The van der Waals surface area contributed by atoms with E-state index in [-0.39, 0.29) is 58.0 Å². The van der Waals surface area contributed by atoms with Crippen LogP contribution in [-0.2, 0) is 14.9 Å². The second kappa shape index (κ2) is 15.0. The van der Waals surface area contributed by atoms with Crippen molar-refractivity contribution >= 4 is 35.2 Å². The van der Waals surface area contributed by atoms with E-state index in [2.05, 4.69) is 37.9 Å². The number of ether oxygens (including phenoxy) is 2. The van der Waals surface area contributed by atoms with Crippen molar-refractivity contribution in [2.24, 2.45) is 0 Å². The van der Waals surface area contributed by atoms with Crippen LogP contribution in [0.2, 0.25) is 10.0 Å². The van der Waals surface area contributed by atoms with Crippen LogP contribution in [0, 0.1) is 45.0 Å².